The number of anilines is 1. The van der Waals surface area contributed by atoms with E-state index in [4.69, 9.17) is 28.3 Å². The maximum absolute atomic E-state index is 12.9. The van der Waals surface area contributed by atoms with E-state index in [2.05, 4.69) is 5.32 Å². The van der Waals surface area contributed by atoms with Crippen LogP contribution in [0.15, 0.2) is 59.5 Å². The third-order valence-corrected chi connectivity index (χ3v) is 6.04. The van der Waals surface area contributed by atoms with Gasteiger partial charge in [-0.15, -0.1) is 0 Å². The number of hydrogen-bond donors (Lipinski definition) is 2. The first-order chi connectivity index (χ1) is 14.9. The van der Waals surface area contributed by atoms with Crippen molar-refractivity contribution in [1.82, 2.24) is 0 Å². The summed E-state index contributed by atoms with van der Waals surface area (Å²) in [5.74, 6) is -0.569. The van der Waals surface area contributed by atoms with E-state index >= 15 is 0 Å². The summed E-state index contributed by atoms with van der Waals surface area (Å²) in [7, 11) is -3.83. The second-order valence-electron chi connectivity index (χ2n) is 7.44. The number of ketones is 1. The topological polar surface area (TPSA) is 106 Å². The summed E-state index contributed by atoms with van der Waals surface area (Å²) in [6, 6.07) is 14.0. The van der Waals surface area contributed by atoms with Crippen LogP contribution in [0.2, 0.25) is 10.0 Å². The molecule has 3 aromatic rings. The van der Waals surface area contributed by atoms with Crippen LogP contribution < -0.4 is 10.5 Å². The Kier molecular flexibility index (Phi) is 7.05. The van der Waals surface area contributed by atoms with E-state index in [-0.39, 0.29) is 23.0 Å². The number of benzene rings is 3. The summed E-state index contributed by atoms with van der Waals surface area (Å²) in [6.07, 6.45) is 0.0225. The number of carbonyl (C=O) groups is 2. The third kappa shape index (κ3) is 5.95. The number of sulfonamides is 1. The molecule has 0 fully saturated rings. The number of nitrogens with one attached hydrogen (secondary N) is 1. The number of nitrogens with two attached hydrogens (primary N) is 1. The lowest BCUT2D eigenvalue weighted by atomic mass is 9.97. The van der Waals surface area contributed by atoms with Crippen molar-refractivity contribution >= 4 is 50.6 Å². The lowest BCUT2D eigenvalue weighted by Gasteiger charge is -2.11. The molecule has 0 aliphatic carbocycles. The van der Waals surface area contributed by atoms with Crippen molar-refractivity contribution in [2.75, 3.05) is 5.32 Å². The Hall–Kier alpha value is -2.71. The van der Waals surface area contributed by atoms with Crippen molar-refractivity contribution in [2.45, 2.75) is 25.2 Å². The Labute approximate surface area is 196 Å². The minimum Gasteiger partial charge on any atom is -0.326 e. The van der Waals surface area contributed by atoms with Gasteiger partial charge >= 0.3 is 0 Å². The van der Waals surface area contributed by atoms with Gasteiger partial charge in [-0.1, -0.05) is 34.8 Å². The second kappa shape index (κ2) is 9.42. The highest BCUT2D eigenvalue weighted by atomic mass is 35.5. The van der Waals surface area contributed by atoms with Crippen LogP contribution in [0.1, 0.15) is 32.6 Å². The number of halogens is 2. The second-order valence-corrected chi connectivity index (χ2v) is 9.88. The minimum atomic E-state index is -3.83. The zero-order valence-corrected chi connectivity index (χ0v) is 19.6. The van der Waals surface area contributed by atoms with Gasteiger partial charge in [-0.2, -0.15) is 0 Å². The van der Waals surface area contributed by atoms with Gasteiger partial charge in [0.05, 0.1) is 11.3 Å². The van der Waals surface area contributed by atoms with Crippen LogP contribution in [0.5, 0.6) is 0 Å². The molecule has 9 heteroatoms. The lowest BCUT2D eigenvalue weighted by Crippen LogP contribution is -2.17. The SMILES string of the molecule is Cc1cc(CC(=O)Nc2ccc(S(N)(=O)=O)cc2C)cc(C(=O)c2cc(Cl)cc(Cl)c2)c1. The van der Waals surface area contributed by atoms with Gasteiger partial charge < -0.3 is 5.32 Å². The number of amides is 1. The molecule has 3 N–H and O–H groups in total. The maximum atomic E-state index is 12.9. The van der Waals surface area contributed by atoms with Crippen molar-refractivity contribution in [1.29, 1.82) is 0 Å². The molecule has 0 spiro atoms. The zero-order chi connectivity index (χ0) is 23.6. The highest BCUT2D eigenvalue weighted by Gasteiger charge is 2.15. The molecule has 0 aliphatic rings. The average Bonchev–Trinajstić information content (AvgIpc) is 2.66. The maximum Gasteiger partial charge on any atom is 0.238 e. The molecule has 0 saturated heterocycles. The smallest absolute Gasteiger partial charge is 0.238 e. The minimum absolute atomic E-state index is 0.0225. The molecule has 0 heterocycles. The van der Waals surface area contributed by atoms with Crippen molar-refractivity contribution in [3.05, 3.63) is 92.5 Å². The van der Waals surface area contributed by atoms with Crippen molar-refractivity contribution in [3.8, 4) is 0 Å². The molecule has 0 radical (unpaired) electrons. The highest BCUT2D eigenvalue weighted by Crippen LogP contribution is 2.23. The van der Waals surface area contributed by atoms with Gasteiger partial charge in [0.2, 0.25) is 15.9 Å². The molecule has 0 bridgehead atoms. The van der Waals surface area contributed by atoms with E-state index in [1.807, 2.05) is 13.0 Å². The Bertz CT molecular complexity index is 1320. The number of primary sulfonamides is 1. The van der Waals surface area contributed by atoms with Gasteiger partial charge in [0.1, 0.15) is 0 Å². The predicted molar refractivity (Wildman–Crippen MR) is 126 cm³/mol. The molecular formula is C23H20Cl2N2O4S. The van der Waals surface area contributed by atoms with Crippen LogP contribution in [0.3, 0.4) is 0 Å². The third-order valence-electron chi connectivity index (χ3n) is 4.69. The molecule has 1 amide bonds. The number of rotatable bonds is 6. The summed E-state index contributed by atoms with van der Waals surface area (Å²) in [5, 5.41) is 8.61. The van der Waals surface area contributed by atoms with E-state index in [1.165, 1.54) is 18.2 Å². The molecule has 166 valence electrons. The quantitative estimate of drug-likeness (QED) is 0.489. The molecule has 0 aromatic heterocycles. The molecule has 0 atom stereocenters. The first kappa shape index (κ1) is 23.9. The summed E-state index contributed by atoms with van der Waals surface area (Å²) >= 11 is 12.0. The Balaban J connectivity index is 1.80. The molecule has 3 rings (SSSR count). The van der Waals surface area contributed by atoms with E-state index in [9.17, 15) is 18.0 Å². The normalized spacial score (nSPS) is 11.3. The molecule has 3 aromatic carbocycles. The molecule has 0 aliphatic heterocycles. The standard InChI is InChI=1S/C23H20Cl2N2O4S/c1-13-5-15(8-16(6-13)23(29)17-10-18(24)12-19(25)11-17)9-22(28)27-21-4-3-20(7-14(21)2)32(26,30)31/h3-8,10-12H,9H2,1-2H3,(H,27,28)(H2,26,30,31). The van der Waals surface area contributed by atoms with E-state index in [0.717, 1.165) is 5.56 Å². The number of hydrogen-bond acceptors (Lipinski definition) is 4. The number of carbonyl (C=O) groups excluding carboxylic acids is 2. The van der Waals surface area contributed by atoms with Crippen LogP contribution in [0.25, 0.3) is 0 Å². The van der Waals surface area contributed by atoms with Crippen LogP contribution >= 0.6 is 23.2 Å². The fourth-order valence-electron chi connectivity index (χ4n) is 3.28. The van der Waals surface area contributed by atoms with Crippen LogP contribution in [-0.4, -0.2) is 20.1 Å². The lowest BCUT2D eigenvalue weighted by molar-refractivity contribution is -0.115. The van der Waals surface area contributed by atoms with E-state index in [1.54, 1.807) is 37.3 Å². The Morgan fingerprint density at radius 2 is 1.53 bits per heavy atom. The molecule has 32 heavy (non-hydrogen) atoms. The fourth-order valence-corrected chi connectivity index (χ4v) is 4.41. The highest BCUT2D eigenvalue weighted by molar-refractivity contribution is 7.89. The van der Waals surface area contributed by atoms with Gasteiger partial charge in [0.15, 0.2) is 5.78 Å². The number of aryl methyl sites for hydroxylation is 2. The van der Waals surface area contributed by atoms with Gasteiger partial charge in [-0.05, 0) is 73.5 Å². The van der Waals surface area contributed by atoms with Gasteiger partial charge in [0, 0.05) is 26.9 Å². The molecule has 6 nitrogen and oxygen atoms in total. The average molecular weight is 491 g/mol. The van der Waals surface area contributed by atoms with Crippen LogP contribution in [-0.2, 0) is 21.2 Å². The van der Waals surface area contributed by atoms with Crippen molar-refractivity contribution in [3.63, 3.8) is 0 Å². The van der Waals surface area contributed by atoms with Gasteiger partial charge in [0.25, 0.3) is 0 Å². The van der Waals surface area contributed by atoms with E-state index < -0.39 is 10.0 Å². The van der Waals surface area contributed by atoms with E-state index in [0.29, 0.717) is 38.0 Å². The van der Waals surface area contributed by atoms with Gasteiger partial charge in [-0.25, -0.2) is 13.6 Å². The largest absolute Gasteiger partial charge is 0.326 e. The van der Waals surface area contributed by atoms with Gasteiger partial charge in [-0.3, -0.25) is 9.59 Å². The summed E-state index contributed by atoms with van der Waals surface area (Å²) < 4.78 is 22.9. The zero-order valence-electron chi connectivity index (χ0n) is 17.3. The molecule has 0 saturated carbocycles. The van der Waals surface area contributed by atoms with Crippen LogP contribution in [0.4, 0.5) is 5.69 Å². The Morgan fingerprint density at radius 3 is 2.12 bits per heavy atom. The molecule has 0 unspecified atom stereocenters. The summed E-state index contributed by atoms with van der Waals surface area (Å²) in [5.41, 5.74) is 3.27. The molecular weight excluding hydrogens is 471 g/mol. The predicted octanol–water partition coefficient (Wildman–Crippen LogP) is 4.67. The summed E-state index contributed by atoms with van der Waals surface area (Å²) in [4.78, 5) is 25.5. The first-order valence-corrected chi connectivity index (χ1v) is 11.8. The monoisotopic (exact) mass is 490 g/mol. The van der Waals surface area contributed by atoms with Crippen molar-refractivity contribution in [2.24, 2.45) is 5.14 Å². The van der Waals surface area contributed by atoms with Crippen LogP contribution in [0, 0.1) is 13.8 Å². The summed E-state index contributed by atoms with van der Waals surface area (Å²) in [6.45, 7) is 3.50. The van der Waals surface area contributed by atoms with Crippen molar-refractivity contribution < 1.29 is 18.0 Å². The fraction of sp³-hybridized carbons (Fsp3) is 0.130. The Morgan fingerprint density at radius 1 is 0.906 bits per heavy atom. The first-order valence-electron chi connectivity index (χ1n) is 9.47.